The average Bonchev–Trinajstić information content (AvgIpc) is 2.83. The van der Waals surface area contributed by atoms with Crippen molar-refractivity contribution < 1.29 is 4.79 Å². The number of terminal acetylenes is 1. The molecule has 4 rings (SSSR count). The van der Waals surface area contributed by atoms with Crippen molar-refractivity contribution in [3.05, 3.63) is 131 Å². The largest absolute Gasteiger partial charge is 0.289 e. The standard InChI is InChI=1S/C31H28O/c1-5-31(28-17-10-9-15-26(28)29(32)24-13-7-6-8-14-24)22-12-11-16-27(31)23-18-20-25(21-19-23)30(2,3)4/h1,6-22,27H,2-4H3. The Hall–Kier alpha value is -3.63. The molecular formula is C31H28O. The fraction of sp³-hybridized carbons (Fsp3) is 0.194. The molecule has 0 aliphatic heterocycles. The van der Waals surface area contributed by atoms with Gasteiger partial charge in [0.05, 0.1) is 5.41 Å². The minimum Gasteiger partial charge on any atom is -0.289 e. The Bertz CT molecular complexity index is 1210. The van der Waals surface area contributed by atoms with Crippen LogP contribution in [-0.4, -0.2) is 5.78 Å². The Kier molecular flexibility index (Phi) is 5.72. The Morgan fingerprint density at radius 1 is 0.875 bits per heavy atom. The normalized spacial score (nSPS) is 20.0. The second-order valence-electron chi connectivity index (χ2n) is 9.35. The summed E-state index contributed by atoms with van der Waals surface area (Å²) in [7, 11) is 0. The lowest BCUT2D eigenvalue weighted by atomic mass is 9.64. The maximum absolute atomic E-state index is 13.5. The molecule has 0 spiro atoms. The molecule has 1 heteroatoms. The zero-order valence-electron chi connectivity index (χ0n) is 18.9. The van der Waals surface area contributed by atoms with Gasteiger partial charge >= 0.3 is 0 Å². The van der Waals surface area contributed by atoms with Crippen molar-refractivity contribution >= 4 is 5.78 Å². The summed E-state index contributed by atoms with van der Waals surface area (Å²) in [5, 5.41) is 0. The third-order valence-corrected chi connectivity index (χ3v) is 6.29. The first-order valence-corrected chi connectivity index (χ1v) is 11.0. The highest BCUT2D eigenvalue weighted by Gasteiger charge is 2.40. The van der Waals surface area contributed by atoms with E-state index in [1.54, 1.807) is 0 Å². The topological polar surface area (TPSA) is 17.1 Å². The van der Waals surface area contributed by atoms with Gasteiger partial charge in [0.1, 0.15) is 0 Å². The van der Waals surface area contributed by atoms with E-state index in [9.17, 15) is 4.79 Å². The smallest absolute Gasteiger partial charge is 0.193 e. The number of ketones is 1. The van der Waals surface area contributed by atoms with Crippen molar-refractivity contribution in [1.82, 2.24) is 0 Å². The fourth-order valence-electron chi connectivity index (χ4n) is 4.46. The number of hydrogen-bond donors (Lipinski definition) is 0. The molecule has 0 bridgehead atoms. The van der Waals surface area contributed by atoms with Crippen LogP contribution in [0.3, 0.4) is 0 Å². The molecule has 2 unspecified atom stereocenters. The summed E-state index contributed by atoms with van der Waals surface area (Å²) in [6, 6.07) is 25.8. The summed E-state index contributed by atoms with van der Waals surface area (Å²) in [4.78, 5) is 13.5. The molecule has 0 heterocycles. The van der Waals surface area contributed by atoms with Crippen LogP contribution in [0.1, 0.15) is 59.3 Å². The Morgan fingerprint density at radius 3 is 2.19 bits per heavy atom. The molecule has 2 atom stereocenters. The second-order valence-corrected chi connectivity index (χ2v) is 9.35. The molecule has 0 amide bonds. The van der Waals surface area contributed by atoms with Gasteiger partial charge in [0.15, 0.2) is 5.78 Å². The van der Waals surface area contributed by atoms with E-state index in [4.69, 9.17) is 6.42 Å². The van der Waals surface area contributed by atoms with Crippen LogP contribution in [0.15, 0.2) is 103 Å². The third-order valence-electron chi connectivity index (χ3n) is 6.29. The first-order valence-electron chi connectivity index (χ1n) is 11.0. The average molecular weight is 417 g/mol. The summed E-state index contributed by atoms with van der Waals surface area (Å²) < 4.78 is 0. The van der Waals surface area contributed by atoms with Gasteiger partial charge < -0.3 is 0 Å². The van der Waals surface area contributed by atoms with Crippen molar-refractivity contribution in [3.63, 3.8) is 0 Å². The third kappa shape index (κ3) is 3.85. The Balaban J connectivity index is 1.84. The molecule has 3 aromatic carbocycles. The molecule has 1 nitrogen and oxygen atoms in total. The van der Waals surface area contributed by atoms with Gasteiger partial charge in [-0.1, -0.05) is 130 Å². The molecule has 0 fully saturated rings. The van der Waals surface area contributed by atoms with E-state index < -0.39 is 5.41 Å². The molecule has 158 valence electrons. The van der Waals surface area contributed by atoms with E-state index in [0.717, 1.165) is 11.1 Å². The van der Waals surface area contributed by atoms with Gasteiger partial charge in [-0.2, -0.15) is 0 Å². The molecular weight excluding hydrogens is 388 g/mol. The number of carbonyl (C=O) groups excluding carboxylic acids is 1. The number of hydrogen-bond acceptors (Lipinski definition) is 1. The zero-order valence-corrected chi connectivity index (χ0v) is 18.9. The van der Waals surface area contributed by atoms with Crippen molar-refractivity contribution in [1.29, 1.82) is 0 Å². The number of allylic oxidation sites excluding steroid dienone is 4. The highest BCUT2D eigenvalue weighted by Crippen LogP contribution is 2.45. The minimum absolute atomic E-state index is 0.0133. The summed E-state index contributed by atoms with van der Waals surface area (Å²) in [6.45, 7) is 6.63. The van der Waals surface area contributed by atoms with Gasteiger partial charge in [0.2, 0.25) is 0 Å². The molecule has 1 aliphatic rings. The predicted octanol–water partition coefficient (Wildman–Crippen LogP) is 7.00. The number of rotatable bonds is 4. The summed E-state index contributed by atoms with van der Waals surface area (Å²) in [5.74, 6) is 3.00. The fourth-order valence-corrected chi connectivity index (χ4v) is 4.46. The van der Waals surface area contributed by atoms with Crippen LogP contribution in [0.4, 0.5) is 0 Å². The summed E-state index contributed by atoms with van der Waals surface area (Å²) >= 11 is 0. The van der Waals surface area contributed by atoms with E-state index in [1.807, 2.05) is 66.7 Å². The van der Waals surface area contributed by atoms with Gasteiger partial charge in [-0.15, -0.1) is 6.42 Å². The van der Waals surface area contributed by atoms with Crippen molar-refractivity contribution in [2.75, 3.05) is 0 Å². The predicted molar refractivity (Wildman–Crippen MR) is 133 cm³/mol. The minimum atomic E-state index is -0.751. The van der Waals surface area contributed by atoms with Crippen molar-refractivity contribution in [3.8, 4) is 12.3 Å². The van der Waals surface area contributed by atoms with Gasteiger partial charge in [-0.25, -0.2) is 0 Å². The van der Waals surface area contributed by atoms with E-state index in [2.05, 4.69) is 63.1 Å². The van der Waals surface area contributed by atoms with E-state index in [0.29, 0.717) is 11.1 Å². The molecule has 0 N–H and O–H groups in total. The van der Waals surface area contributed by atoms with Gasteiger partial charge in [0.25, 0.3) is 0 Å². The lowest BCUT2D eigenvalue weighted by molar-refractivity contribution is 0.103. The van der Waals surface area contributed by atoms with Crippen LogP contribution < -0.4 is 0 Å². The summed E-state index contributed by atoms with van der Waals surface area (Å²) in [5.41, 5.74) is 3.92. The van der Waals surface area contributed by atoms with E-state index >= 15 is 0 Å². The Labute approximate surface area is 191 Å². The molecule has 0 saturated heterocycles. The first-order chi connectivity index (χ1) is 15.4. The van der Waals surface area contributed by atoms with Crippen LogP contribution in [0.25, 0.3) is 0 Å². The zero-order chi connectivity index (χ0) is 22.8. The van der Waals surface area contributed by atoms with Gasteiger partial charge in [-0.3, -0.25) is 4.79 Å². The van der Waals surface area contributed by atoms with Crippen LogP contribution in [0.5, 0.6) is 0 Å². The highest BCUT2D eigenvalue weighted by atomic mass is 16.1. The maximum atomic E-state index is 13.5. The van der Waals surface area contributed by atoms with Crippen LogP contribution in [0.2, 0.25) is 0 Å². The van der Waals surface area contributed by atoms with Crippen LogP contribution in [-0.2, 0) is 10.8 Å². The molecule has 0 saturated carbocycles. The molecule has 3 aromatic rings. The lowest BCUT2D eigenvalue weighted by Gasteiger charge is -2.36. The highest BCUT2D eigenvalue weighted by molar-refractivity contribution is 6.10. The maximum Gasteiger partial charge on any atom is 0.193 e. The molecule has 32 heavy (non-hydrogen) atoms. The Morgan fingerprint density at radius 2 is 1.53 bits per heavy atom. The van der Waals surface area contributed by atoms with Gasteiger partial charge in [-0.05, 0) is 22.1 Å². The molecule has 0 aromatic heterocycles. The number of benzene rings is 3. The first kappa shape index (κ1) is 21.6. The lowest BCUT2D eigenvalue weighted by Crippen LogP contribution is -2.32. The molecule has 1 aliphatic carbocycles. The quantitative estimate of drug-likeness (QED) is 0.331. The van der Waals surface area contributed by atoms with Crippen molar-refractivity contribution in [2.45, 2.75) is 37.5 Å². The molecule has 0 radical (unpaired) electrons. The monoisotopic (exact) mass is 416 g/mol. The van der Waals surface area contributed by atoms with E-state index in [-0.39, 0.29) is 17.1 Å². The SMILES string of the molecule is C#CC1(c2ccccc2C(=O)c2ccccc2)C=CC=CC1c1ccc(C(C)(C)C)cc1. The van der Waals surface area contributed by atoms with Crippen LogP contribution >= 0.6 is 0 Å². The van der Waals surface area contributed by atoms with Crippen LogP contribution in [0, 0.1) is 12.3 Å². The summed E-state index contributed by atoms with van der Waals surface area (Å²) in [6.07, 6.45) is 14.5. The second kappa shape index (κ2) is 8.48. The van der Waals surface area contributed by atoms with Crippen molar-refractivity contribution in [2.24, 2.45) is 0 Å². The number of carbonyl (C=O) groups is 1. The van der Waals surface area contributed by atoms with Gasteiger partial charge in [0, 0.05) is 17.0 Å². The van der Waals surface area contributed by atoms with E-state index in [1.165, 1.54) is 5.56 Å².